The highest BCUT2D eigenvalue weighted by molar-refractivity contribution is 5.79. The van der Waals surface area contributed by atoms with Crippen LogP contribution in [-0.4, -0.2) is 47.4 Å². The van der Waals surface area contributed by atoms with Gasteiger partial charge in [0.2, 0.25) is 5.91 Å². The average Bonchev–Trinajstić information content (AvgIpc) is 2.59. The molecule has 0 aromatic heterocycles. The minimum Gasteiger partial charge on any atom is -0.338 e. The van der Waals surface area contributed by atoms with Gasteiger partial charge in [0.1, 0.15) is 0 Å². The number of carbonyl (C=O) groups excluding carboxylic acids is 1. The first-order valence-electron chi connectivity index (χ1n) is 9.35. The highest BCUT2D eigenvalue weighted by Gasteiger charge is 2.31. The third-order valence-corrected chi connectivity index (χ3v) is 5.10. The van der Waals surface area contributed by atoms with Crippen molar-refractivity contribution < 1.29 is 4.79 Å². The summed E-state index contributed by atoms with van der Waals surface area (Å²) < 4.78 is 0. The Hall–Kier alpha value is -1.39. The molecule has 4 nitrogen and oxygen atoms in total. The van der Waals surface area contributed by atoms with Crippen LogP contribution < -0.4 is 5.73 Å². The summed E-state index contributed by atoms with van der Waals surface area (Å²) >= 11 is 0. The number of hydrogen-bond donors (Lipinski definition) is 1. The molecule has 1 aliphatic rings. The summed E-state index contributed by atoms with van der Waals surface area (Å²) in [5.74, 6) is 0.111. The SMILES string of the molecule is CCCN(C(=O)C(C)C(C)N)C1CCCN(Cc2ccccc2)C1. The number of carbonyl (C=O) groups is 1. The van der Waals surface area contributed by atoms with E-state index >= 15 is 0 Å². The Bertz CT molecular complexity index is 503. The van der Waals surface area contributed by atoms with E-state index in [1.165, 1.54) is 5.56 Å². The van der Waals surface area contributed by atoms with E-state index in [2.05, 4.69) is 47.1 Å². The van der Waals surface area contributed by atoms with Crippen LogP contribution in [0.25, 0.3) is 0 Å². The van der Waals surface area contributed by atoms with Gasteiger partial charge in [-0.25, -0.2) is 0 Å². The molecule has 1 fully saturated rings. The number of likely N-dealkylation sites (tertiary alicyclic amines) is 1. The van der Waals surface area contributed by atoms with E-state index in [-0.39, 0.29) is 17.9 Å². The highest BCUT2D eigenvalue weighted by atomic mass is 16.2. The lowest BCUT2D eigenvalue weighted by Gasteiger charge is -2.40. The van der Waals surface area contributed by atoms with Crippen LogP contribution in [0.1, 0.15) is 45.6 Å². The number of hydrogen-bond acceptors (Lipinski definition) is 3. The fourth-order valence-corrected chi connectivity index (χ4v) is 3.47. The summed E-state index contributed by atoms with van der Waals surface area (Å²) in [6.07, 6.45) is 3.24. The molecule has 1 aromatic rings. The first-order chi connectivity index (χ1) is 11.5. The van der Waals surface area contributed by atoms with Crippen molar-refractivity contribution in [1.29, 1.82) is 0 Å². The molecule has 4 heteroatoms. The van der Waals surface area contributed by atoms with Crippen LogP contribution in [0.3, 0.4) is 0 Å². The molecule has 2 N–H and O–H groups in total. The summed E-state index contributed by atoms with van der Waals surface area (Å²) in [5.41, 5.74) is 7.31. The molecule has 0 radical (unpaired) electrons. The van der Waals surface area contributed by atoms with Crippen molar-refractivity contribution in [3.05, 3.63) is 35.9 Å². The molecule has 0 bridgehead atoms. The summed E-state index contributed by atoms with van der Waals surface area (Å²) in [5, 5.41) is 0. The van der Waals surface area contributed by atoms with E-state index in [4.69, 9.17) is 5.73 Å². The Balaban J connectivity index is 2.02. The Morgan fingerprint density at radius 2 is 2.04 bits per heavy atom. The predicted molar refractivity (Wildman–Crippen MR) is 99.6 cm³/mol. The molecule has 3 unspecified atom stereocenters. The lowest BCUT2D eigenvalue weighted by atomic mass is 9.98. The maximum absolute atomic E-state index is 12.9. The Kier molecular flexibility index (Phi) is 7.25. The number of nitrogens with zero attached hydrogens (tertiary/aromatic N) is 2. The van der Waals surface area contributed by atoms with Gasteiger partial charge in [-0.05, 0) is 38.3 Å². The van der Waals surface area contributed by atoms with Crippen molar-refractivity contribution in [2.24, 2.45) is 11.7 Å². The van der Waals surface area contributed by atoms with Crippen LogP contribution in [0.4, 0.5) is 0 Å². The van der Waals surface area contributed by atoms with E-state index < -0.39 is 0 Å². The highest BCUT2D eigenvalue weighted by Crippen LogP contribution is 2.21. The summed E-state index contributed by atoms with van der Waals surface area (Å²) in [6, 6.07) is 10.8. The largest absolute Gasteiger partial charge is 0.338 e. The van der Waals surface area contributed by atoms with Crippen molar-refractivity contribution in [1.82, 2.24) is 9.80 Å². The maximum Gasteiger partial charge on any atom is 0.227 e. The van der Waals surface area contributed by atoms with E-state index in [0.29, 0.717) is 6.04 Å². The molecule has 1 aromatic carbocycles. The minimum atomic E-state index is -0.110. The standard InChI is InChI=1S/C20H33N3O/c1-4-12-23(20(24)16(2)17(3)21)19-11-8-13-22(15-19)14-18-9-6-5-7-10-18/h5-7,9-10,16-17,19H,4,8,11-15,21H2,1-3H3. The molecule has 1 amide bonds. The maximum atomic E-state index is 12.9. The average molecular weight is 332 g/mol. The second-order valence-corrected chi connectivity index (χ2v) is 7.20. The van der Waals surface area contributed by atoms with Crippen molar-refractivity contribution in [3.8, 4) is 0 Å². The third kappa shape index (κ3) is 5.05. The fraction of sp³-hybridized carbons (Fsp3) is 0.650. The lowest BCUT2D eigenvalue weighted by molar-refractivity contribution is -0.139. The second-order valence-electron chi connectivity index (χ2n) is 7.20. The normalized spacial score (nSPS) is 21.2. The van der Waals surface area contributed by atoms with Crippen molar-refractivity contribution in [3.63, 3.8) is 0 Å². The fourth-order valence-electron chi connectivity index (χ4n) is 3.47. The molecule has 1 heterocycles. The Morgan fingerprint density at radius 1 is 1.33 bits per heavy atom. The van der Waals surface area contributed by atoms with Crippen molar-refractivity contribution in [2.45, 2.75) is 58.7 Å². The molecular weight excluding hydrogens is 298 g/mol. The van der Waals surface area contributed by atoms with Crippen LogP contribution in [0.2, 0.25) is 0 Å². The molecule has 134 valence electrons. The summed E-state index contributed by atoms with van der Waals surface area (Å²) in [6.45, 7) is 9.90. The van der Waals surface area contributed by atoms with Crippen LogP contribution >= 0.6 is 0 Å². The predicted octanol–water partition coefficient (Wildman–Crippen LogP) is 2.87. The van der Waals surface area contributed by atoms with Gasteiger partial charge >= 0.3 is 0 Å². The molecule has 0 spiro atoms. The topological polar surface area (TPSA) is 49.6 Å². The molecule has 1 aliphatic heterocycles. The number of amides is 1. The molecule has 0 saturated carbocycles. The van der Waals surface area contributed by atoms with Gasteiger partial charge in [0, 0.05) is 31.7 Å². The second kappa shape index (κ2) is 9.19. The molecular formula is C20H33N3O. The van der Waals surface area contributed by atoms with E-state index in [9.17, 15) is 4.79 Å². The summed E-state index contributed by atoms with van der Waals surface area (Å²) in [4.78, 5) is 17.5. The van der Waals surface area contributed by atoms with Crippen LogP contribution in [-0.2, 0) is 11.3 Å². The van der Waals surface area contributed by atoms with Gasteiger partial charge in [0.25, 0.3) is 0 Å². The summed E-state index contributed by atoms with van der Waals surface area (Å²) in [7, 11) is 0. The Labute approximate surface area is 147 Å². The molecule has 0 aliphatic carbocycles. The van der Waals surface area contributed by atoms with Gasteiger partial charge in [0.15, 0.2) is 0 Å². The van der Waals surface area contributed by atoms with Crippen LogP contribution in [0, 0.1) is 5.92 Å². The molecule has 3 atom stereocenters. The smallest absolute Gasteiger partial charge is 0.227 e. The van der Waals surface area contributed by atoms with Gasteiger partial charge in [-0.3, -0.25) is 9.69 Å². The van der Waals surface area contributed by atoms with Gasteiger partial charge in [0.05, 0.1) is 5.92 Å². The van der Waals surface area contributed by atoms with Crippen molar-refractivity contribution in [2.75, 3.05) is 19.6 Å². The van der Waals surface area contributed by atoms with Crippen LogP contribution in [0.15, 0.2) is 30.3 Å². The number of nitrogens with two attached hydrogens (primary N) is 1. The van der Waals surface area contributed by atoms with E-state index in [1.54, 1.807) is 0 Å². The lowest BCUT2D eigenvalue weighted by Crippen LogP contribution is -2.53. The zero-order valence-electron chi connectivity index (χ0n) is 15.4. The van der Waals surface area contributed by atoms with Crippen LogP contribution in [0.5, 0.6) is 0 Å². The minimum absolute atomic E-state index is 0.0964. The number of piperidine rings is 1. The first kappa shape index (κ1) is 18.9. The van der Waals surface area contributed by atoms with E-state index in [1.807, 2.05) is 13.8 Å². The van der Waals surface area contributed by atoms with Crippen molar-refractivity contribution >= 4 is 5.91 Å². The number of benzene rings is 1. The first-order valence-corrected chi connectivity index (χ1v) is 9.35. The quantitative estimate of drug-likeness (QED) is 0.836. The van der Waals surface area contributed by atoms with Gasteiger partial charge in [-0.2, -0.15) is 0 Å². The number of rotatable bonds is 7. The third-order valence-electron chi connectivity index (χ3n) is 5.10. The Morgan fingerprint density at radius 3 is 2.67 bits per heavy atom. The zero-order valence-corrected chi connectivity index (χ0v) is 15.4. The molecule has 2 rings (SSSR count). The van der Waals surface area contributed by atoms with E-state index in [0.717, 1.165) is 45.4 Å². The van der Waals surface area contributed by atoms with Gasteiger partial charge < -0.3 is 10.6 Å². The van der Waals surface area contributed by atoms with Gasteiger partial charge in [-0.1, -0.05) is 44.2 Å². The monoisotopic (exact) mass is 331 g/mol. The molecule has 1 saturated heterocycles. The molecule has 24 heavy (non-hydrogen) atoms. The zero-order chi connectivity index (χ0) is 17.5. The van der Waals surface area contributed by atoms with Gasteiger partial charge in [-0.15, -0.1) is 0 Å².